The van der Waals surface area contributed by atoms with Gasteiger partial charge in [-0.3, -0.25) is 9.69 Å². The van der Waals surface area contributed by atoms with Crippen LogP contribution in [-0.2, 0) is 11.3 Å². The summed E-state index contributed by atoms with van der Waals surface area (Å²) < 4.78 is 4.99. The number of carboxylic acids is 1. The first-order valence-electron chi connectivity index (χ1n) is 6.38. The molecule has 0 saturated heterocycles. The second-order valence-corrected chi connectivity index (χ2v) is 5.01. The van der Waals surface area contributed by atoms with Crippen LogP contribution in [0.15, 0.2) is 18.2 Å². The molecule has 0 heterocycles. The minimum Gasteiger partial charge on any atom is -0.504 e. The third-order valence-corrected chi connectivity index (χ3v) is 3.22. The van der Waals surface area contributed by atoms with Crippen molar-refractivity contribution in [2.24, 2.45) is 5.92 Å². The Bertz CT molecular complexity index is 457. The molecule has 0 spiro atoms. The maximum Gasteiger partial charge on any atom is 0.317 e. The maximum atomic E-state index is 10.9. The van der Waals surface area contributed by atoms with E-state index in [4.69, 9.17) is 9.84 Å². The lowest BCUT2D eigenvalue weighted by Crippen LogP contribution is -2.31. The highest BCUT2D eigenvalue weighted by molar-refractivity contribution is 5.69. The molecule has 0 atom stereocenters. The molecule has 5 nitrogen and oxygen atoms in total. The van der Waals surface area contributed by atoms with E-state index in [1.807, 2.05) is 11.0 Å². The van der Waals surface area contributed by atoms with Crippen LogP contribution >= 0.6 is 0 Å². The van der Waals surface area contributed by atoms with E-state index < -0.39 is 5.97 Å². The number of aromatic hydroxyl groups is 1. The van der Waals surface area contributed by atoms with Crippen molar-refractivity contribution in [2.75, 3.05) is 20.2 Å². The number of benzene rings is 1. The molecule has 0 amide bonds. The molecule has 1 aromatic carbocycles. The Morgan fingerprint density at radius 2 is 2.21 bits per heavy atom. The number of nitrogens with zero attached hydrogens (tertiary/aromatic N) is 1. The van der Waals surface area contributed by atoms with Crippen molar-refractivity contribution in [3.63, 3.8) is 0 Å². The molecular formula is C14H19NO4. The molecule has 0 aromatic heterocycles. The number of phenolic OH excluding ortho intramolecular Hbond substituents is 1. The molecular weight excluding hydrogens is 246 g/mol. The van der Waals surface area contributed by atoms with E-state index >= 15 is 0 Å². The van der Waals surface area contributed by atoms with Gasteiger partial charge >= 0.3 is 5.97 Å². The standard InChI is InChI=1S/C14H19NO4/c1-19-13-5-4-11(6-12(13)16)8-15(9-14(17)18)7-10-2-3-10/h4-6,10,16H,2-3,7-9H2,1H3,(H,17,18). The van der Waals surface area contributed by atoms with Crippen LogP contribution in [0.25, 0.3) is 0 Å². The fraction of sp³-hybridized carbons (Fsp3) is 0.500. The van der Waals surface area contributed by atoms with E-state index in [0.717, 1.165) is 12.1 Å². The Morgan fingerprint density at radius 3 is 2.74 bits per heavy atom. The molecule has 0 radical (unpaired) electrons. The van der Waals surface area contributed by atoms with Crippen molar-refractivity contribution in [3.8, 4) is 11.5 Å². The van der Waals surface area contributed by atoms with Crippen LogP contribution < -0.4 is 4.74 Å². The van der Waals surface area contributed by atoms with Crippen LogP contribution in [0.3, 0.4) is 0 Å². The van der Waals surface area contributed by atoms with Gasteiger partial charge < -0.3 is 14.9 Å². The molecule has 1 aliphatic carbocycles. The molecule has 5 heteroatoms. The second-order valence-electron chi connectivity index (χ2n) is 5.01. The number of hydrogen-bond acceptors (Lipinski definition) is 4. The van der Waals surface area contributed by atoms with Crippen molar-refractivity contribution in [1.29, 1.82) is 0 Å². The van der Waals surface area contributed by atoms with Crippen LogP contribution in [0.2, 0.25) is 0 Å². The predicted octanol–water partition coefficient (Wildman–Crippen LogP) is 1.70. The topological polar surface area (TPSA) is 70.0 Å². The van der Waals surface area contributed by atoms with Gasteiger partial charge in [-0.1, -0.05) is 6.07 Å². The second kappa shape index (κ2) is 5.93. The van der Waals surface area contributed by atoms with Crippen LogP contribution in [0.5, 0.6) is 11.5 Å². The molecule has 0 aliphatic heterocycles. The first-order chi connectivity index (χ1) is 9.08. The SMILES string of the molecule is COc1ccc(CN(CC(=O)O)CC2CC2)cc1O. The fourth-order valence-corrected chi connectivity index (χ4v) is 2.13. The lowest BCUT2D eigenvalue weighted by molar-refractivity contribution is -0.138. The molecule has 19 heavy (non-hydrogen) atoms. The monoisotopic (exact) mass is 265 g/mol. The maximum absolute atomic E-state index is 10.9. The lowest BCUT2D eigenvalue weighted by atomic mass is 10.2. The summed E-state index contributed by atoms with van der Waals surface area (Å²) in [5, 5.41) is 18.6. The minimum atomic E-state index is -0.821. The number of rotatable bonds is 7. The molecule has 2 N–H and O–H groups in total. The van der Waals surface area contributed by atoms with Crippen molar-refractivity contribution in [2.45, 2.75) is 19.4 Å². The smallest absolute Gasteiger partial charge is 0.317 e. The van der Waals surface area contributed by atoms with Gasteiger partial charge in [-0.25, -0.2) is 0 Å². The highest BCUT2D eigenvalue weighted by Crippen LogP contribution is 2.31. The quantitative estimate of drug-likeness (QED) is 0.785. The van der Waals surface area contributed by atoms with Gasteiger partial charge in [-0.15, -0.1) is 0 Å². The Morgan fingerprint density at radius 1 is 1.47 bits per heavy atom. The largest absolute Gasteiger partial charge is 0.504 e. The Balaban J connectivity index is 2.02. The van der Waals surface area contributed by atoms with E-state index in [1.165, 1.54) is 20.0 Å². The third-order valence-electron chi connectivity index (χ3n) is 3.22. The summed E-state index contributed by atoms with van der Waals surface area (Å²) in [7, 11) is 1.50. The number of carboxylic acid groups (broad SMARTS) is 1. The zero-order valence-electron chi connectivity index (χ0n) is 11.0. The van der Waals surface area contributed by atoms with Crippen molar-refractivity contribution in [1.82, 2.24) is 4.90 Å². The summed E-state index contributed by atoms with van der Waals surface area (Å²) in [6.45, 7) is 1.36. The first-order valence-corrected chi connectivity index (χ1v) is 6.38. The van der Waals surface area contributed by atoms with Crippen LogP contribution in [0, 0.1) is 5.92 Å². The molecule has 1 saturated carbocycles. The minimum absolute atomic E-state index is 0.0310. The molecule has 104 valence electrons. The Labute approximate surface area is 112 Å². The molecule has 1 aromatic rings. The fourth-order valence-electron chi connectivity index (χ4n) is 2.13. The summed E-state index contributed by atoms with van der Waals surface area (Å²) in [4.78, 5) is 12.8. The average molecular weight is 265 g/mol. The summed E-state index contributed by atoms with van der Waals surface area (Å²) in [5.41, 5.74) is 0.889. The van der Waals surface area contributed by atoms with Gasteiger partial charge in [0, 0.05) is 13.1 Å². The van der Waals surface area contributed by atoms with E-state index in [9.17, 15) is 9.90 Å². The molecule has 0 unspecified atom stereocenters. The highest BCUT2D eigenvalue weighted by atomic mass is 16.5. The lowest BCUT2D eigenvalue weighted by Gasteiger charge is -2.20. The summed E-state index contributed by atoms with van der Waals surface area (Å²) in [6.07, 6.45) is 2.37. The van der Waals surface area contributed by atoms with E-state index in [0.29, 0.717) is 18.2 Å². The molecule has 1 aliphatic rings. The van der Waals surface area contributed by atoms with E-state index in [2.05, 4.69) is 0 Å². The van der Waals surface area contributed by atoms with Gasteiger partial charge in [0.05, 0.1) is 13.7 Å². The number of carbonyl (C=O) groups is 1. The first kappa shape index (κ1) is 13.7. The third kappa shape index (κ3) is 4.13. The van der Waals surface area contributed by atoms with Crippen LogP contribution in [0.1, 0.15) is 18.4 Å². The van der Waals surface area contributed by atoms with Gasteiger partial charge in [0.25, 0.3) is 0 Å². The van der Waals surface area contributed by atoms with Crippen molar-refractivity contribution >= 4 is 5.97 Å². The van der Waals surface area contributed by atoms with Crippen molar-refractivity contribution in [3.05, 3.63) is 23.8 Å². The van der Waals surface area contributed by atoms with E-state index in [-0.39, 0.29) is 12.3 Å². The zero-order valence-corrected chi connectivity index (χ0v) is 11.0. The predicted molar refractivity (Wildman–Crippen MR) is 70.3 cm³/mol. The Hall–Kier alpha value is -1.75. The zero-order chi connectivity index (χ0) is 13.8. The highest BCUT2D eigenvalue weighted by Gasteiger charge is 2.25. The van der Waals surface area contributed by atoms with Gasteiger partial charge in [0.1, 0.15) is 0 Å². The summed E-state index contributed by atoms with van der Waals surface area (Å²) in [5.74, 6) is 0.321. The van der Waals surface area contributed by atoms with Gasteiger partial charge in [-0.05, 0) is 36.5 Å². The Kier molecular flexibility index (Phi) is 4.27. The van der Waals surface area contributed by atoms with Gasteiger partial charge in [-0.2, -0.15) is 0 Å². The number of phenols is 1. The number of aliphatic carboxylic acids is 1. The number of methoxy groups -OCH3 is 1. The average Bonchev–Trinajstić information content (AvgIpc) is 3.12. The van der Waals surface area contributed by atoms with Gasteiger partial charge in [0.2, 0.25) is 0 Å². The molecule has 0 bridgehead atoms. The van der Waals surface area contributed by atoms with E-state index in [1.54, 1.807) is 12.1 Å². The summed E-state index contributed by atoms with van der Waals surface area (Å²) in [6, 6.07) is 5.17. The number of hydrogen-bond donors (Lipinski definition) is 2. The molecule has 2 rings (SSSR count). The van der Waals surface area contributed by atoms with Crippen LogP contribution in [0.4, 0.5) is 0 Å². The number of ether oxygens (including phenoxy) is 1. The summed E-state index contributed by atoms with van der Waals surface area (Å²) >= 11 is 0. The van der Waals surface area contributed by atoms with Gasteiger partial charge in [0.15, 0.2) is 11.5 Å². The normalized spacial score (nSPS) is 14.6. The van der Waals surface area contributed by atoms with Crippen molar-refractivity contribution < 1.29 is 19.7 Å². The van der Waals surface area contributed by atoms with Crippen LogP contribution in [-0.4, -0.2) is 41.3 Å². The molecule has 1 fully saturated rings.